The van der Waals surface area contributed by atoms with E-state index in [-0.39, 0.29) is 18.5 Å². The third-order valence-corrected chi connectivity index (χ3v) is 14.8. The zero-order chi connectivity index (χ0) is 50.0. The average molecular weight is 975 g/mol. The Kier molecular flexibility index (Phi) is 58.0. The van der Waals surface area contributed by atoms with Crippen molar-refractivity contribution in [2.45, 2.75) is 366 Å². The van der Waals surface area contributed by atoms with Gasteiger partial charge in [-0.3, -0.25) is 9.59 Å². The normalized spacial score (nSPS) is 12.6. The number of ether oxygens (including phenoxy) is 1. The number of nitrogens with one attached hydrogen (secondary N) is 1. The van der Waals surface area contributed by atoms with Gasteiger partial charge in [-0.25, -0.2) is 0 Å². The second-order valence-electron chi connectivity index (χ2n) is 21.8. The first kappa shape index (κ1) is 67.6. The maximum absolute atomic E-state index is 12.5. The number of unbranched alkanes of at least 4 members (excludes halogenated alkanes) is 48. The Balaban J connectivity index is 3.43. The standard InChI is InChI=1S/C63H123NO5/c1-3-5-7-9-11-13-15-16-17-18-19-20-23-26-29-32-36-39-43-47-51-55-61(66)60(59-65)64-62(67)56-52-48-44-40-37-33-30-27-24-21-22-25-28-31-34-38-42-46-50-54-58-69-63(68)57-53-49-45-41-35-14-12-10-8-6-4-2/h51,55,60-61,65-66H,3-50,52-54,56-59H2,1-2H3,(H,64,67)/b55-51+. The minimum atomic E-state index is -0.846. The molecule has 6 nitrogen and oxygen atoms in total. The Bertz CT molecular complexity index is 1030. The number of aliphatic hydroxyl groups excluding tert-OH is 2. The molecule has 0 aromatic rings. The van der Waals surface area contributed by atoms with E-state index in [1.165, 1.54) is 289 Å². The summed E-state index contributed by atoms with van der Waals surface area (Å²) < 4.78 is 5.47. The van der Waals surface area contributed by atoms with E-state index >= 15 is 0 Å². The minimum absolute atomic E-state index is 0.0104. The fourth-order valence-corrected chi connectivity index (χ4v) is 9.99. The van der Waals surface area contributed by atoms with Crippen molar-refractivity contribution in [3.05, 3.63) is 12.2 Å². The molecular weight excluding hydrogens is 851 g/mol. The summed E-state index contributed by atoms with van der Waals surface area (Å²) in [6.07, 6.45) is 71.1. The average Bonchev–Trinajstić information content (AvgIpc) is 3.35. The van der Waals surface area contributed by atoms with Crippen LogP contribution in [0.25, 0.3) is 0 Å². The third kappa shape index (κ3) is 55.8. The van der Waals surface area contributed by atoms with Gasteiger partial charge in [-0.05, 0) is 32.1 Å². The summed E-state index contributed by atoms with van der Waals surface area (Å²) in [6.45, 7) is 4.93. The molecule has 0 aliphatic heterocycles. The van der Waals surface area contributed by atoms with Gasteiger partial charge in [0.25, 0.3) is 0 Å². The Morgan fingerprint density at radius 2 is 0.667 bits per heavy atom. The predicted molar refractivity (Wildman–Crippen MR) is 301 cm³/mol. The molecule has 0 saturated heterocycles. The van der Waals surface area contributed by atoms with Crippen LogP contribution >= 0.6 is 0 Å². The van der Waals surface area contributed by atoms with Crippen LogP contribution in [0.5, 0.6) is 0 Å². The molecule has 0 fully saturated rings. The maximum atomic E-state index is 12.5. The molecule has 0 aromatic heterocycles. The first-order valence-electron chi connectivity index (χ1n) is 31.5. The van der Waals surface area contributed by atoms with Crippen molar-refractivity contribution in [3.63, 3.8) is 0 Å². The molecule has 69 heavy (non-hydrogen) atoms. The molecule has 0 heterocycles. The summed E-state index contributed by atoms with van der Waals surface area (Å²) in [4.78, 5) is 24.5. The SMILES string of the molecule is CCCCCCCCCCCCCCCCCCCCC/C=C/C(O)C(CO)NC(=O)CCCCCCCCCCCCCCCCCCCCCCOC(=O)CCCCCCCCCCCCC. The summed E-state index contributed by atoms with van der Waals surface area (Å²) >= 11 is 0. The van der Waals surface area contributed by atoms with Gasteiger partial charge < -0.3 is 20.3 Å². The number of carbonyl (C=O) groups is 2. The molecule has 3 N–H and O–H groups in total. The number of hydrogen-bond acceptors (Lipinski definition) is 5. The highest BCUT2D eigenvalue weighted by Gasteiger charge is 2.18. The lowest BCUT2D eigenvalue weighted by Gasteiger charge is -2.20. The Morgan fingerprint density at radius 1 is 0.391 bits per heavy atom. The van der Waals surface area contributed by atoms with E-state index < -0.39 is 12.1 Å². The van der Waals surface area contributed by atoms with Crippen LogP contribution in [0, 0.1) is 0 Å². The second-order valence-corrected chi connectivity index (χ2v) is 21.8. The van der Waals surface area contributed by atoms with Gasteiger partial charge in [-0.1, -0.05) is 321 Å². The molecule has 0 saturated carbocycles. The summed E-state index contributed by atoms with van der Waals surface area (Å²) in [5.41, 5.74) is 0. The van der Waals surface area contributed by atoms with Gasteiger partial charge in [-0.15, -0.1) is 0 Å². The quantitative estimate of drug-likeness (QED) is 0.0321. The van der Waals surface area contributed by atoms with Gasteiger partial charge in [0.2, 0.25) is 5.91 Å². The van der Waals surface area contributed by atoms with Crippen LogP contribution in [-0.4, -0.2) is 47.4 Å². The zero-order valence-corrected chi connectivity index (χ0v) is 46.8. The molecule has 410 valence electrons. The van der Waals surface area contributed by atoms with Gasteiger partial charge in [0.1, 0.15) is 0 Å². The highest BCUT2D eigenvalue weighted by Crippen LogP contribution is 2.18. The lowest BCUT2D eigenvalue weighted by Crippen LogP contribution is -2.45. The highest BCUT2D eigenvalue weighted by atomic mass is 16.5. The van der Waals surface area contributed by atoms with Crippen molar-refractivity contribution < 1.29 is 24.5 Å². The minimum Gasteiger partial charge on any atom is -0.466 e. The van der Waals surface area contributed by atoms with E-state index in [2.05, 4.69) is 19.2 Å². The number of allylic oxidation sites excluding steroid dienone is 1. The van der Waals surface area contributed by atoms with Crippen LogP contribution < -0.4 is 5.32 Å². The van der Waals surface area contributed by atoms with E-state index in [4.69, 9.17) is 4.74 Å². The van der Waals surface area contributed by atoms with Gasteiger partial charge >= 0.3 is 5.97 Å². The lowest BCUT2D eigenvalue weighted by atomic mass is 10.0. The van der Waals surface area contributed by atoms with E-state index in [1.807, 2.05) is 6.08 Å². The highest BCUT2D eigenvalue weighted by molar-refractivity contribution is 5.76. The van der Waals surface area contributed by atoms with Crippen molar-refractivity contribution in [1.82, 2.24) is 5.32 Å². The van der Waals surface area contributed by atoms with Crippen LogP contribution in [0.4, 0.5) is 0 Å². The fraction of sp³-hybridized carbons (Fsp3) is 0.937. The number of esters is 1. The van der Waals surface area contributed by atoms with Crippen molar-refractivity contribution in [3.8, 4) is 0 Å². The molecule has 2 unspecified atom stereocenters. The smallest absolute Gasteiger partial charge is 0.305 e. The number of rotatable bonds is 59. The van der Waals surface area contributed by atoms with E-state index in [1.54, 1.807) is 6.08 Å². The van der Waals surface area contributed by atoms with Gasteiger partial charge in [0, 0.05) is 12.8 Å². The van der Waals surface area contributed by atoms with Gasteiger partial charge in [-0.2, -0.15) is 0 Å². The molecule has 2 atom stereocenters. The van der Waals surface area contributed by atoms with E-state index in [9.17, 15) is 19.8 Å². The molecule has 0 rings (SSSR count). The largest absolute Gasteiger partial charge is 0.466 e. The summed E-state index contributed by atoms with van der Waals surface area (Å²) in [7, 11) is 0. The van der Waals surface area contributed by atoms with E-state index in [0.717, 1.165) is 38.5 Å². The first-order valence-corrected chi connectivity index (χ1v) is 31.5. The third-order valence-electron chi connectivity index (χ3n) is 14.8. The Labute approximate surface area is 431 Å². The first-order chi connectivity index (χ1) is 34.0. The summed E-state index contributed by atoms with van der Waals surface area (Å²) in [5, 5.41) is 23.2. The Morgan fingerprint density at radius 3 is 0.986 bits per heavy atom. The molecule has 1 amide bonds. The van der Waals surface area contributed by atoms with Crippen molar-refractivity contribution in [2.75, 3.05) is 13.2 Å². The number of aliphatic hydroxyl groups is 2. The van der Waals surface area contributed by atoms with Crippen LogP contribution in [0.3, 0.4) is 0 Å². The topological polar surface area (TPSA) is 95.9 Å². The Hall–Kier alpha value is -1.40. The van der Waals surface area contributed by atoms with Gasteiger partial charge in [0.05, 0.1) is 25.4 Å². The van der Waals surface area contributed by atoms with Crippen LogP contribution in [-0.2, 0) is 14.3 Å². The molecule has 0 bridgehead atoms. The molecule has 0 radical (unpaired) electrons. The molecule has 6 heteroatoms. The van der Waals surface area contributed by atoms with Crippen LogP contribution in [0.15, 0.2) is 12.2 Å². The monoisotopic (exact) mass is 974 g/mol. The maximum Gasteiger partial charge on any atom is 0.305 e. The summed E-state index contributed by atoms with van der Waals surface area (Å²) in [6, 6.07) is -0.629. The van der Waals surface area contributed by atoms with Crippen LogP contribution in [0.2, 0.25) is 0 Å². The molecule has 0 aliphatic carbocycles. The van der Waals surface area contributed by atoms with Crippen molar-refractivity contribution >= 4 is 11.9 Å². The zero-order valence-electron chi connectivity index (χ0n) is 46.8. The summed E-state index contributed by atoms with van der Waals surface area (Å²) in [5.74, 6) is -0.0555. The number of amides is 1. The fourth-order valence-electron chi connectivity index (χ4n) is 9.99. The molecule has 0 aromatic carbocycles. The predicted octanol–water partition coefficient (Wildman–Crippen LogP) is 19.6. The number of hydrogen-bond donors (Lipinski definition) is 3. The molecular formula is C63H123NO5. The van der Waals surface area contributed by atoms with Crippen molar-refractivity contribution in [1.29, 1.82) is 0 Å². The molecule has 0 spiro atoms. The second kappa shape index (κ2) is 59.2. The van der Waals surface area contributed by atoms with Crippen LogP contribution in [0.1, 0.15) is 354 Å². The van der Waals surface area contributed by atoms with Gasteiger partial charge in [0.15, 0.2) is 0 Å². The van der Waals surface area contributed by atoms with E-state index in [0.29, 0.717) is 19.4 Å². The molecule has 0 aliphatic rings. The number of carbonyl (C=O) groups excluding carboxylic acids is 2. The lowest BCUT2D eigenvalue weighted by molar-refractivity contribution is -0.143. The van der Waals surface area contributed by atoms with Crippen molar-refractivity contribution in [2.24, 2.45) is 0 Å².